The number of rotatable bonds is 7. The van der Waals surface area contributed by atoms with Gasteiger partial charge in [-0.15, -0.1) is 0 Å². The first-order chi connectivity index (χ1) is 17.3. The fraction of sp³-hybridized carbons (Fsp3) is 0.273. The molecule has 188 valence electrons. The number of nitrogens with one attached hydrogen (secondary N) is 5. The van der Waals surface area contributed by atoms with Crippen molar-refractivity contribution < 1.29 is 9.59 Å². The Morgan fingerprint density at radius 1 is 0.944 bits per heavy atom. The van der Waals surface area contributed by atoms with E-state index in [1.165, 1.54) is 0 Å². The second kappa shape index (κ2) is 10.7. The van der Waals surface area contributed by atoms with E-state index in [9.17, 15) is 9.59 Å². The van der Waals surface area contributed by atoms with Gasteiger partial charge in [-0.2, -0.15) is 0 Å². The summed E-state index contributed by atoms with van der Waals surface area (Å²) in [6.07, 6.45) is 7.78. The molecular formula is C22H20Br4N8O2. The summed E-state index contributed by atoms with van der Waals surface area (Å²) in [5.41, 5.74) is 2.86. The van der Waals surface area contributed by atoms with Crippen molar-refractivity contribution in [3.8, 4) is 0 Å². The van der Waals surface area contributed by atoms with Crippen molar-refractivity contribution in [1.82, 2.24) is 40.1 Å². The number of hydrogen-bond acceptors (Lipinski definition) is 4. The molecule has 0 aliphatic carbocycles. The lowest BCUT2D eigenvalue weighted by Gasteiger charge is -2.39. The Morgan fingerprint density at radius 3 is 2.14 bits per heavy atom. The molecule has 10 nitrogen and oxygen atoms in total. The molecule has 0 fully saturated rings. The third kappa shape index (κ3) is 5.13. The minimum Gasteiger partial charge on any atom is -0.350 e. The van der Waals surface area contributed by atoms with Crippen LogP contribution in [-0.4, -0.2) is 54.4 Å². The Bertz CT molecular complexity index is 1350. The Balaban J connectivity index is 1.39. The molecule has 2 amide bonds. The van der Waals surface area contributed by atoms with E-state index in [-0.39, 0.29) is 29.7 Å². The number of fused-ring (bicyclic) bond motifs is 1. The molecule has 4 aromatic rings. The van der Waals surface area contributed by atoms with E-state index >= 15 is 0 Å². The van der Waals surface area contributed by atoms with Gasteiger partial charge >= 0.3 is 0 Å². The molecule has 0 saturated heterocycles. The fourth-order valence-corrected chi connectivity index (χ4v) is 5.93. The zero-order chi connectivity index (χ0) is 25.4. The molecule has 1 aliphatic rings. The van der Waals surface area contributed by atoms with Gasteiger partial charge in [-0.1, -0.05) is 0 Å². The van der Waals surface area contributed by atoms with Crippen molar-refractivity contribution >= 4 is 75.5 Å². The van der Waals surface area contributed by atoms with Gasteiger partial charge in [-0.25, -0.2) is 9.97 Å². The van der Waals surface area contributed by atoms with Gasteiger partial charge in [-0.05, 0) is 88.2 Å². The van der Waals surface area contributed by atoms with Crippen LogP contribution >= 0.6 is 63.7 Å². The topological polar surface area (TPSA) is 136 Å². The maximum absolute atomic E-state index is 12.9. The number of carbonyl (C=O) groups is 2. The quantitative estimate of drug-likeness (QED) is 0.190. The smallest absolute Gasteiger partial charge is 0.267 e. The largest absolute Gasteiger partial charge is 0.350 e. The molecule has 0 radical (unpaired) electrons. The predicted octanol–water partition coefficient (Wildman–Crippen LogP) is 4.55. The summed E-state index contributed by atoms with van der Waals surface area (Å²) in [4.78, 5) is 43.6. The van der Waals surface area contributed by atoms with E-state index in [4.69, 9.17) is 0 Å². The number of imidazole rings is 2. The highest BCUT2D eigenvalue weighted by atomic mass is 79.9. The molecule has 5 rings (SSSR count). The van der Waals surface area contributed by atoms with E-state index in [0.717, 1.165) is 20.3 Å². The summed E-state index contributed by atoms with van der Waals surface area (Å²) in [5, 5.41) is 6.13. The van der Waals surface area contributed by atoms with E-state index in [1.54, 1.807) is 31.0 Å². The van der Waals surface area contributed by atoms with Crippen molar-refractivity contribution in [2.24, 2.45) is 11.8 Å². The zero-order valence-corrected chi connectivity index (χ0v) is 24.8. The summed E-state index contributed by atoms with van der Waals surface area (Å²) in [6, 6.07) is 3.31. The first-order valence-corrected chi connectivity index (χ1v) is 14.1. The van der Waals surface area contributed by atoms with Gasteiger partial charge in [0.15, 0.2) is 0 Å². The normalized spacial score (nSPS) is 19.2. The van der Waals surface area contributed by atoms with Gasteiger partial charge in [0.25, 0.3) is 11.8 Å². The second-order valence-corrected chi connectivity index (χ2v) is 11.8. The second-order valence-electron chi connectivity index (χ2n) is 8.48. The molecule has 0 unspecified atom stereocenters. The molecule has 0 spiro atoms. The van der Waals surface area contributed by atoms with Crippen LogP contribution in [0, 0.1) is 11.8 Å². The standard InChI is InChI=1S/C22H20Br4N8O2/c23-13-2-15(32-19(13)25)21(35)29-4-10-1-11-5-28-9-34(11)18(17-7-27-8-31-17)12(10)6-30-22(36)16-3-14(24)20(26)33-16/h2-3,5,7-10,12,18,32-33H,1,4,6H2,(H,27,31)(H,29,35)(H,30,36)/t10-,12-,18-/m0/s1. The lowest BCUT2D eigenvalue weighted by Crippen LogP contribution is -2.46. The number of amides is 2. The predicted molar refractivity (Wildman–Crippen MR) is 147 cm³/mol. The summed E-state index contributed by atoms with van der Waals surface area (Å²) < 4.78 is 5.07. The van der Waals surface area contributed by atoms with E-state index in [0.29, 0.717) is 40.1 Å². The van der Waals surface area contributed by atoms with Crippen molar-refractivity contribution in [2.45, 2.75) is 12.5 Å². The molecule has 14 heteroatoms. The number of H-pyrrole nitrogens is 3. The van der Waals surface area contributed by atoms with Crippen LogP contribution in [-0.2, 0) is 6.42 Å². The maximum atomic E-state index is 12.9. The highest BCUT2D eigenvalue weighted by Crippen LogP contribution is 2.38. The molecule has 4 aromatic heterocycles. The molecule has 3 atom stereocenters. The Morgan fingerprint density at radius 2 is 1.58 bits per heavy atom. The SMILES string of the molecule is O=C(NC[C@@H]1Cc2cncn2[C@H](c2cnc[nH]2)[C@H]1CNC(=O)c1cc(Br)c(Br)[nH]1)c1cc(Br)c(Br)[nH]1. The molecule has 5 N–H and O–H groups in total. The molecule has 0 bridgehead atoms. The zero-order valence-electron chi connectivity index (χ0n) is 18.5. The number of hydrogen-bond donors (Lipinski definition) is 5. The van der Waals surface area contributed by atoms with Gasteiger partial charge in [-0.3, -0.25) is 9.59 Å². The number of nitrogens with zero attached hydrogens (tertiary/aromatic N) is 3. The van der Waals surface area contributed by atoms with Crippen molar-refractivity contribution in [2.75, 3.05) is 13.1 Å². The van der Waals surface area contributed by atoms with Crippen LogP contribution < -0.4 is 10.6 Å². The van der Waals surface area contributed by atoms with Crippen LogP contribution in [0.15, 0.2) is 55.3 Å². The van der Waals surface area contributed by atoms with Crippen molar-refractivity contribution in [3.63, 3.8) is 0 Å². The lowest BCUT2D eigenvalue weighted by molar-refractivity contribution is 0.0894. The van der Waals surface area contributed by atoms with Crippen molar-refractivity contribution in [1.29, 1.82) is 0 Å². The van der Waals surface area contributed by atoms with Gasteiger partial charge in [0.05, 0.1) is 48.7 Å². The monoisotopic (exact) mass is 744 g/mol. The Labute approximate surface area is 239 Å². The van der Waals surface area contributed by atoms with E-state index < -0.39 is 0 Å². The number of halogens is 4. The summed E-state index contributed by atoms with van der Waals surface area (Å²) in [7, 11) is 0. The van der Waals surface area contributed by atoms with Gasteiger partial charge in [0, 0.05) is 30.9 Å². The van der Waals surface area contributed by atoms with Crippen LogP contribution in [0.4, 0.5) is 0 Å². The van der Waals surface area contributed by atoms with Gasteiger partial charge in [0.1, 0.15) is 11.4 Å². The highest BCUT2D eigenvalue weighted by Gasteiger charge is 2.39. The summed E-state index contributed by atoms with van der Waals surface area (Å²) >= 11 is 13.6. The van der Waals surface area contributed by atoms with Gasteiger partial charge in [0.2, 0.25) is 0 Å². The van der Waals surface area contributed by atoms with E-state index in [1.807, 2.05) is 6.20 Å². The third-order valence-corrected chi connectivity index (χ3v) is 9.89. The average Bonchev–Trinajstić information content (AvgIpc) is 3.65. The number of carbonyl (C=O) groups excluding carboxylic acids is 2. The van der Waals surface area contributed by atoms with Crippen LogP contribution in [0.5, 0.6) is 0 Å². The maximum Gasteiger partial charge on any atom is 0.267 e. The first-order valence-electron chi connectivity index (χ1n) is 10.9. The van der Waals surface area contributed by atoms with Crippen LogP contribution in [0.1, 0.15) is 38.4 Å². The fourth-order valence-electron chi connectivity index (χ4n) is 4.61. The lowest BCUT2D eigenvalue weighted by atomic mass is 9.78. The molecular weight excluding hydrogens is 728 g/mol. The summed E-state index contributed by atoms with van der Waals surface area (Å²) in [5.74, 6) is -0.455. The molecule has 1 aliphatic heterocycles. The van der Waals surface area contributed by atoms with E-state index in [2.05, 4.69) is 104 Å². The summed E-state index contributed by atoms with van der Waals surface area (Å²) in [6.45, 7) is 0.803. The van der Waals surface area contributed by atoms with Crippen LogP contribution in [0.2, 0.25) is 0 Å². The minimum atomic E-state index is -0.218. The molecule has 0 aromatic carbocycles. The van der Waals surface area contributed by atoms with Crippen LogP contribution in [0.25, 0.3) is 0 Å². The molecule has 5 heterocycles. The first kappa shape index (κ1) is 25.5. The molecule has 0 saturated carbocycles. The van der Waals surface area contributed by atoms with Crippen LogP contribution in [0.3, 0.4) is 0 Å². The average molecular weight is 748 g/mol. The Hall–Kier alpha value is -2.16. The van der Waals surface area contributed by atoms with Crippen molar-refractivity contribution in [3.05, 3.63) is 78.1 Å². The van der Waals surface area contributed by atoms with Gasteiger partial charge < -0.3 is 30.2 Å². The third-order valence-electron chi connectivity index (χ3n) is 6.33. The minimum absolute atomic E-state index is 0.0238. The number of aromatic amines is 3. The highest BCUT2D eigenvalue weighted by molar-refractivity contribution is 9.13. The Kier molecular flexibility index (Phi) is 7.56. The number of aromatic nitrogens is 6. The molecule has 36 heavy (non-hydrogen) atoms.